The second-order valence-electron chi connectivity index (χ2n) is 5.93. The molecule has 0 bridgehead atoms. The zero-order chi connectivity index (χ0) is 16.5. The third-order valence-electron chi connectivity index (χ3n) is 4.46. The predicted molar refractivity (Wildman–Crippen MR) is 86.7 cm³/mol. The van der Waals surface area contributed by atoms with E-state index in [1.54, 1.807) is 4.90 Å². The van der Waals surface area contributed by atoms with E-state index in [1.165, 1.54) is 29.7 Å². The van der Waals surface area contributed by atoms with Crippen molar-refractivity contribution in [1.82, 2.24) is 9.88 Å². The van der Waals surface area contributed by atoms with Crippen LogP contribution in [-0.4, -0.2) is 47.2 Å². The summed E-state index contributed by atoms with van der Waals surface area (Å²) in [5, 5.41) is 1.88. The van der Waals surface area contributed by atoms with E-state index in [1.807, 2.05) is 17.5 Å². The van der Waals surface area contributed by atoms with Gasteiger partial charge < -0.3 is 14.4 Å². The quantitative estimate of drug-likeness (QED) is 0.856. The lowest BCUT2D eigenvalue weighted by Crippen LogP contribution is -2.44. The minimum atomic E-state index is -0.507. The van der Waals surface area contributed by atoms with Crippen LogP contribution < -0.4 is 4.74 Å². The second kappa shape index (κ2) is 6.49. The average molecular weight is 348 g/mol. The summed E-state index contributed by atoms with van der Waals surface area (Å²) < 4.78 is 25.5. The largest absolute Gasteiger partial charge is 0.468 e. The molecule has 2 aliphatic heterocycles. The first-order valence-corrected chi connectivity index (χ1v) is 8.85. The molecule has 0 spiro atoms. The first kappa shape index (κ1) is 15.5. The highest BCUT2D eigenvalue weighted by Crippen LogP contribution is 2.33. The Labute approximate surface area is 143 Å². The number of hydrogen-bond acceptors (Lipinski definition) is 5. The number of likely N-dealkylation sites (tertiary alicyclic amines) is 1. The number of aromatic nitrogens is 1. The smallest absolute Gasteiger partial charge is 0.264 e. The normalized spacial score (nSPS) is 26.2. The highest BCUT2D eigenvalue weighted by Gasteiger charge is 2.48. The number of ether oxygens (including phenoxy) is 2. The van der Waals surface area contributed by atoms with Gasteiger partial charge in [-0.1, -0.05) is 6.07 Å². The van der Waals surface area contributed by atoms with Crippen molar-refractivity contribution in [2.24, 2.45) is 0 Å². The number of hydrogen-bond donors (Lipinski definition) is 0. The maximum atomic E-state index is 13.8. The molecule has 1 amide bonds. The fourth-order valence-electron chi connectivity index (χ4n) is 3.39. The zero-order valence-corrected chi connectivity index (χ0v) is 13.7. The molecule has 2 fully saturated rings. The predicted octanol–water partition coefficient (Wildman–Crippen LogP) is 2.73. The molecule has 2 aromatic rings. The van der Waals surface area contributed by atoms with Crippen molar-refractivity contribution in [2.75, 3.05) is 13.2 Å². The SMILES string of the molecule is O=C(c1cccs1)N1C[C@@H](Oc2ncccc2F)[C@@H]2OCCC[C@@H]21. The van der Waals surface area contributed by atoms with Crippen LogP contribution in [0, 0.1) is 5.82 Å². The van der Waals surface area contributed by atoms with Crippen molar-refractivity contribution >= 4 is 17.2 Å². The van der Waals surface area contributed by atoms with Gasteiger partial charge in [0.15, 0.2) is 5.82 Å². The Morgan fingerprint density at radius 2 is 2.33 bits per heavy atom. The van der Waals surface area contributed by atoms with Gasteiger partial charge in [-0.2, -0.15) is 0 Å². The van der Waals surface area contributed by atoms with E-state index in [0.717, 1.165) is 12.8 Å². The summed E-state index contributed by atoms with van der Waals surface area (Å²) in [6.07, 6.45) is 2.60. The van der Waals surface area contributed by atoms with Gasteiger partial charge in [-0.05, 0) is 36.4 Å². The van der Waals surface area contributed by atoms with Crippen molar-refractivity contribution < 1.29 is 18.7 Å². The van der Waals surface area contributed by atoms with Crippen LogP contribution in [0.2, 0.25) is 0 Å². The minimum Gasteiger partial charge on any atom is -0.468 e. The van der Waals surface area contributed by atoms with Gasteiger partial charge in [0.1, 0.15) is 12.2 Å². The maximum absolute atomic E-state index is 13.8. The van der Waals surface area contributed by atoms with Gasteiger partial charge in [0.2, 0.25) is 0 Å². The fourth-order valence-corrected chi connectivity index (χ4v) is 4.07. The van der Waals surface area contributed by atoms with Gasteiger partial charge in [0, 0.05) is 12.8 Å². The molecule has 2 saturated heterocycles. The Morgan fingerprint density at radius 1 is 1.42 bits per heavy atom. The molecule has 2 aromatic heterocycles. The van der Waals surface area contributed by atoms with Gasteiger partial charge in [-0.3, -0.25) is 4.79 Å². The van der Waals surface area contributed by atoms with Gasteiger partial charge in [-0.25, -0.2) is 9.37 Å². The monoisotopic (exact) mass is 348 g/mol. The lowest BCUT2D eigenvalue weighted by atomic mass is 10.0. The van der Waals surface area contributed by atoms with Crippen LogP contribution in [0.3, 0.4) is 0 Å². The van der Waals surface area contributed by atoms with E-state index in [2.05, 4.69) is 4.98 Å². The molecule has 0 N–H and O–H groups in total. The molecule has 7 heteroatoms. The number of amides is 1. The molecule has 0 saturated carbocycles. The van der Waals surface area contributed by atoms with Crippen LogP contribution in [0.5, 0.6) is 5.88 Å². The first-order chi connectivity index (χ1) is 11.7. The first-order valence-electron chi connectivity index (χ1n) is 7.97. The van der Waals surface area contributed by atoms with Gasteiger partial charge in [0.05, 0.1) is 17.5 Å². The summed E-state index contributed by atoms with van der Waals surface area (Å²) in [6, 6.07) is 6.47. The molecule has 2 aliphatic rings. The average Bonchev–Trinajstić information content (AvgIpc) is 3.25. The summed E-state index contributed by atoms with van der Waals surface area (Å²) in [6.45, 7) is 1.01. The lowest BCUT2D eigenvalue weighted by Gasteiger charge is -2.31. The van der Waals surface area contributed by atoms with Crippen LogP contribution in [0.15, 0.2) is 35.8 Å². The Kier molecular flexibility index (Phi) is 4.20. The standard InChI is InChI=1S/C17H17FN2O3S/c18-11-4-1-7-19-16(11)23-13-10-20(12-5-2-8-22-15(12)13)17(21)14-6-3-9-24-14/h1,3-4,6-7,9,12-13,15H,2,5,8,10H2/t12-,13+,15+/m0/s1. The molecule has 126 valence electrons. The number of halogens is 1. The maximum Gasteiger partial charge on any atom is 0.264 e. The van der Waals surface area contributed by atoms with E-state index in [0.29, 0.717) is 18.0 Å². The van der Waals surface area contributed by atoms with Gasteiger partial charge >= 0.3 is 0 Å². The third kappa shape index (κ3) is 2.78. The molecule has 0 unspecified atom stereocenters. The zero-order valence-electron chi connectivity index (χ0n) is 12.9. The summed E-state index contributed by atoms with van der Waals surface area (Å²) in [5.74, 6) is -0.563. The van der Waals surface area contributed by atoms with Gasteiger partial charge in [0.25, 0.3) is 11.8 Å². The van der Waals surface area contributed by atoms with Crippen LogP contribution in [-0.2, 0) is 4.74 Å². The highest BCUT2D eigenvalue weighted by atomic mass is 32.1. The Bertz CT molecular complexity index is 724. The minimum absolute atomic E-state index is 0.0157. The summed E-state index contributed by atoms with van der Waals surface area (Å²) in [7, 11) is 0. The summed E-state index contributed by atoms with van der Waals surface area (Å²) in [5.41, 5.74) is 0. The van der Waals surface area contributed by atoms with E-state index in [-0.39, 0.29) is 23.9 Å². The summed E-state index contributed by atoms with van der Waals surface area (Å²) in [4.78, 5) is 19.2. The van der Waals surface area contributed by atoms with Crippen LogP contribution in [0.1, 0.15) is 22.5 Å². The third-order valence-corrected chi connectivity index (χ3v) is 5.32. The number of nitrogens with zero attached hydrogens (tertiary/aromatic N) is 2. The molecule has 0 radical (unpaired) electrons. The number of rotatable bonds is 3. The van der Waals surface area contributed by atoms with E-state index < -0.39 is 11.9 Å². The van der Waals surface area contributed by atoms with Crippen LogP contribution >= 0.6 is 11.3 Å². The van der Waals surface area contributed by atoms with Crippen LogP contribution in [0.25, 0.3) is 0 Å². The number of thiophene rings is 1. The number of carbonyl (C=O) groups is 1. The molecule has 5 nitrogen and oxygen atoms in total. The van der Waals surface area contributed by atoms with Crippen molar-refractivity contribution in [3.63, 3.8) is 0 Å². The Hall–Kier alpha value is -1.99. The fraction of sp³-hybridized carbons (Fsp3) is 0.412. The van der Waals surface area contributed by atoms with E-state index in [9.17, 15) is 9.18 Å². The molecule has 0 aliphatic carbocycles. The molecule has 4 heterocycles. The molecule has 24 heavy (non-hydrogen) atoms. The Balaban J connectivity index is 1.57. The highest BCUT2D eigenvalue weighted by molar-refractivity contribution is 7.12. The van der Waals surface area contributed by atoms with E-state index >= 15 is 0 Å². The van der Waals surface area contributed by atoms with Gasteiger partial charge in [-0.15, -0.1) is 11.3 Å². The summed E-state index contributed by atoms with van der Waals surface area (Å²) >= 11 is 1.42. The molecular weight excluding hydrogens is 331 g/mol. The van der Waals surface area contributed by atoms with E-state index in [4.69, 9.17) is 9.47 Å². The van der Waals surface area contributed by atoms with Crippen LogP contribution in [0.4, 0.5) is 4.39 Å². The topological polar surface area (TPSA) is 51.7 Å². The molecule has 0 aromatic carbocycles. The second-order valence-corrected chi connectivity index (χ2v) is 6.87. The van der Waals surface area contributed by atoms with Crippen molar-refractivity contribution in [2.45, 2.75) is 31.1 Å². The van der Waals surface area contributed by atoms with Crippen molar-refractivity contribution in [3.05, 3.63) is 46.5 Å². The van der Waals surface area contributed by atoms with Crippen molar-refractivity contribution in [1.29, 1.82) is 0 Å². The number of fused-ring (bicyclic) bond motifs is 1. The lowest BCUT2D eigenvalue weighted by molar-refractivity contribution is -0.0462. The van der Waals surface area contributed by atoms with Crippen molar-refractivity contribution in [3.8, 4) is 5.88 Å². The Morgan fingerprint density at radius 3 is 3.12 bits per heavy atom. The number of carbonyl (C=O) groups excluding carboxylic acids is 1. The number of pyridine rings is 1. The molecular formula is C17H17FN2O3S. The molecule has 4 rings (SSSR count). The molecule has 3 atom stereocenters.